The lowest BCUT2D eigenvalue weighted by molar-refractivity contribution is -0.129. The number of hydrogen-bond donors (Lipinski definition) is 1. The molecule has 0 aromatic heterocycles. The van der Waals surface area contributed by atoms with Gasteiger partial charge in [0.25, 0.3) is 0 Å². The number of rotatable bonds is 1. The lowest BCUT2D eigenvalue weighted by Crippen LogP contribution is -2.42. The van der Waals surface area contributed by atoms with E-state index in [1.165, 1.54) is 7.11 Å². The number of carbonyl (C=O) groups is 1. The predicted octanol–water partition coefficient (Wildman–Crippen LogP) is 3.83. The van der Waals surface area contributed by atoms with E-state index in [1.807, 2.05) is 6.92 Å². The SMILES string of the molecule is [2H]c1c([2H])c2c(c(OC)c1O)CC[C@@H]1[C@@H]2CC[C@]2(C)C(=O)C([2H])([2H])C[C@@H]12. The van der Waals surface area contributed by atoms with Crippen molar-refractivity contribution in [2.75, 3.05) is 7.11 Å². The van der Waals surface area contributed by atoms with E-state index in [2.05, 4.69) is 0 Å². The van der Waals surface area contributed by atoms with Gasteiger partial charge in [0.2, 0.25) is 0 Å². The summed E-state index contributed by atoms with van der Waals surface area (Å²) in [6, 6.07) is -0.170. The van der Waals surface area contributed by atoms with Gasteiger partial charge in [-0.05, 0) is 61.5 Å². The molecule has 3 aliphatic rings. The quantitative estimate of drug-likeness (QED) is 0.858. The smallest absolute Gasteiger partial charge is 0.163 e. The summed E-state index contributed by atoms with van der Waals surface area (Å²) in [4.78, 5) is 12.7. The average Bonchev–Trinajstić information content (AvgIpc) is 2.79. The number of carbonyl (C=O) groups excluding carboxylic acids is 1. The summed E-state index contributed by atoms with van der Waals surface area (Å²) in [7, 11) is 1.46. The first-order valence-corrected chi connectivity index (χ1v) is 8.07. The Kier molecular flexibility index (Phi) is 2.22. The Morgan fingerprint density at radius 3 is 3.00 bits per heavy atom. The van der Waals surface area contributed by atoms with Crippen LogP contribution < -0.4 is 4.74 Å². The van der Waals surface area contributed by atoms with Crippen LogP contribution in [0, 0.1) is 17.3 Å². The van der Waals surface area contributed by atoms with Crippen LogP contribution in [0.15, 0.2) is 12.1 Å². The van der Waals surface area contributed by atoms with Gasteiger partial charge in [-0.3, -0.25) is 4.79 Å². The molecule has 4 atom stereocenters. The monoisotopic (exact) mass is 304 g/mol. The summed E-state index contributed by atoms with van der Waals surface area (Å²) in [5.74, 6) is -0.140. The number of phenols is 1. The minimum Gasteiger partial charge on any atom is -0.504 e. The van der Waals surface area contributed by atoms with Crippen LogP contribution in [0.2, 0.25) is 0 Å². The molecule has 1 N–H and O–H groups in total. The highest BCUT2D eigenvalue weighted by Gasteiger charge is 2.54. The number of benzene rings is 1. The van der Waals surface area contributed by atoms with Crippen molar-refractivity contribution in [2.45, 2.75) is 51.3 Å². The third kappa shape index (κ3) is 1.71. The number of Topliss-reactive ketones (excluding diaryl/α,β-unsaturated/α-hetero) is 1. The first-order valence-electron chi connectivity index (χ1n) is 10.1. The molecule has 4 rings (SSSR count). The van der Waals surface area contributed by atoms with E-state index >= 15 is 0 Å². The number of fused-ring (bicyclic) bond motifs is 5. The number of phenolic OH excluding ortho intramolecular Hbond substituents is 1. The van der Waals surface area contributed by atoms with Crippen molar-refractivity contribution in [2.24, 2.45) is 17.3 Å². The molecule has 0 saturated heterocycles. The van der Waals surface area contributed by atoms with E-state index < -0.39 is 11.8 Å². The molecule has 0 radical (unpaired) electrons. The van der Waals surface area contributed by atoms with Crippen LogP contribution in [-0.4, -0.2) is 18.0 Å². The fourth-order valence-corrected chi connectivity index (χ4v) is 5.05. The fourth-order valence-electron chi connectivity index (χ4n) is 5.05. The highest BCUT2D eigenvalue weighted by atomic mass is 16.5. The first kappa shape index (κ1) is 10.3. The lowest BCUT2D eigenvalue weighted by atomic mass is 9.55. The number of hydrogen-bond acceptors (Lipinski definition) is 3. The second-order valence-corrected chi connectivity index (χ2v) is 7.11. The normalized spacial score (nSPS) is 41.4. The largest absolute Gasteiger partial charge is 0.504 e. The van der Waals surface area contributed by atoms with E-state index in [4.69, 9.17) is 10.2 Å². The van der Waals surface area contributed by atoms with Crippen LogP contribution in [0.4, 0.5) is 0 Å². The zero-order chi connectivity index (χ0) is 19.0. The van der Waals surface area contributed by atoms with Crippen LogP contribution in [0.25, 0.3) is 0 Å². The van der Waals surface area contributed by atoms with Crippen molar-refractivity contribution in [3.63, 3.8) is 0 Å². The van der Waals surface area contributed by atoms with Crippen molar-refractivity contribution in [3.05, 3.63) is 23.2 Å². The zero-order valence-electron chi connectivity index (χ0n) is 17.0. The summed E-state index contributed by atoms with van der Waals surface area (Å²) < 4.78 is 38.1. The second-order valence-electron chi connectivity index (χ2n) is 7.11. The number of ketones is 1. The molecular weight excluding hydrogens is 276 g/mol. The van der Waals surface area contributed by atoms with Crippen molar-refractivity contribution in [3.8, 4) is 11.5 Å². The maximum absolute atomic E-state index is 12.7. The van der Waals surface area contributed by atoms with Gasteiger partial charge in [-0.15, -0.1) is 0 Å². The van der Waals surface area contributed by atoms with E-state index in [-0.39, 0.29) is 47.8 Å². The molecule has 3 nitrogen and oxygen atoms in total. The molecule has 3 aliphatic carbocycles. The summed E-state index contributed by atoms with van der Waals surface area (Å²) in [6.07, 6.45) is 1.18. The molecule has 1 aromatic carbocycles. The Hall–Kier alpha value is -1.51. The number of methoxy groups -OCH3 is 1. The molecule has 0 unspecified atom stereocenters. The topological polar surface area (TPSA) is 46.5 Å². The van der Waals surface area contributed by atoms with Gasteiger partial charge in [0.1, 0.15) is 5.78 Å². The molecule has 118 valence electrons. The van der Waals surface area contributed by atoms with Gasteiger partial charge in [0.05, 0.1) is 9.85 Å². The highest BCUT2D eigenvalue weighted by Crippen LogP contribution is 2.60. The maximum Gasteiger partial charge on any atom is 0.163 e. The van der Waals surface area contributed by atoms with Crippen LogP contribution in [0.1, 0.15) is 61.5 Å². The first-order chi connectivity index (χ1) is 12.1. The van der Waals surface area contributed by atoms with E-state index in [0.29, 0.717) is 25.0 Å². The highest BCUT2D eigenvalue weighted by molar-refractivity contribution is 5.87. The third-order valence-electron chi connectivity index (χ3n) is 6.26. The van der Waals surface area contributed by atoms with Crippen LogP contribution in [0.3, 0.4) is 0 Å². The molecule has 0 aliphatic heterocycles. The molecule has 2 saturated carbocycles. The Morgan fingerprint density at radius 2 is 2.23 bits per heavy atom. The summed E-state index contributed by atoms with van der Waals surface area (Å²) >= 11 is 0. The molecular formula is C19H24O3. The van der Waals surface area contributed by atoms with Crippen molar-refractivity contribution < 1.29 is 20.1 Å². The number of ether oxygens (including phenoxy) is 1. The van der Waals surface area contributed by atoms with Gasteiger partial charge < -0.3 is 9.84 Å². The van der Waals surface area contributed by atoms with Crippen LogP contribution >= 0.6 is 0 Å². The summed E-state index contributed by atoms with van der Waals surface area (Å²) in [6.45, 7) is 1.91. The molecule has 0 spiro atoms. The minimum atomic E-state index is -1.77. The van der Waals surface area contributed by atoms with Gasteiger partial charge >= 0.3 is 0 Å². The molecule has 1 aromatic rings. The lowest BCUT2D eigenvalue weighted by Gasteiger charge is -2.48. The Balaban J connectivity index is 1.83. The van der Waals surface area contributed by atoms with Gasteiger partial charge in [0, 0.05) is 20.1 Å². The van der Waals surface area contributed by atoms with Crippen LogP contribution in [-0.2, 0) is 11.2 Å². The maximum atomic E-state index is 12.7. The molecule has 0 heterocycles. The molecule has 0 amide bonds. The molecule has 3 heteroatoms. The van der Waals surface area contributed by atoms with Crippen molar-refractivity contribution in [1.82, 2.24) is 0 Å². The fraction of sp³-hybridized carbons (Fsp3) is 0.632. The van der Waals surface area contributed by atoms with E-state index in [1.54, 1.807) is 0 Å². The van der Waals surface area contributed by atoms with Crippen molar-refractivity contribution >= 4 is 5.78 Å². The Bertz CT molecular complexity index is 807. The zero-order valence-corrected chi connectivity index (χ0v) is 13.0. The minimum absolute atomic E-state index is 0.0182. The van der Waals surface area contributed by atoms with E-state index in [0.717, 1.165) is 17.5 Å². The molecule has 0 bridgehead atoms. The molecule has 2 fully saturated rings. The van der Waals surface area contributed by atoms with Crippen LogP contribution in [0.5, 0.6) is 11.5 Å². The van der Waals surface area contributed by atoms with E-state index in [9.17, 15) is 9.90 Å². The average molecular weight is 304 g/mol. The van der Waals surface area contributed by atoms with Crippen molar-refractivity contribution in [1.29, 1.82) is 0 Å². The Labute approximate surface area is 137 Å². The third-order valence-corrected chi connectivity index (χ3v) is 6.26. The van der Waals surface area contributed by atoms with Gasteiger partial charge in [-0.2, -0.15) is 0 Å². The summed E-state index contributed by atoms with van der Waals surface area (Å²) in [5.41, 5.74) is 0.945. The van der Waals surface area contributed by atoms with Gasteiger partial charge in [0.15, 0.2) is 11.5 Å². The Morgan fingerprint density at radius 1 is 1.41 bits per heavy atom. The van der Waals surface area contributed by atoms with Gasteiger partial charge in [-0.25, -0.2) is 0 Å². The van der Waals surface area contributed by atoms with Gasteiger partial charge in [-0.1, -0.05) is 13.0 Å². The second kappa shape index (κ2) is 4.74. The predicted molar refractivity (Wildman–Crippen MR) is 84.3 cm³/mol. The summed E-state index contributed by atoms with van der Waals surface area (Å²) in [5, 5.41) is 10.2. The standard InChI is InChI=1S/C19H24O3/c1-19-10-9-12-11-5-7-16(20)18(22-2)14(11)4-3-13(12)15(19)6-8-17(19)21/h5,7,12-13,15,20H,3-4,6,8-10H2,1-2H3/t12-,13-,15+,19+/m1/s1/i5D,7D,8D2. The number of aromatic hydroxyl groups is 1. The molecule has 22 heavy (non-hydrogen) atoms.